The lowest BCUT2D eigenvalue weighted by molar-refractivity contribution is 0.0476. The molecule has 0 N–H and O–H groups in total. The van der Waals surface area contributed by atoms with Crippen LogP contribution in [0.4, 0.5) is 8.78 Å². The maximum atomic E-state index is 13.1. The molecule has 3 nitrogen and oxygen atoms in total. The first kappa shape index (κ1) is 15.8. The second-order valence-electron chi connectivity index (χ2n) is 5.15. The fourth-order valence-corrected chi connectivity index (χ4v) is 2.37. The summed E-state index contributed by atoms with van der Waals surface area (Å²) in [5.41, 5.74) is 0.283. The van der Waals surface area contributed by atoms with Gasteiger partial charge in [-0.1, -0.05) is 36.4 Å². The van der Waals surface area contributed by atoms with Gasteiger partial charge in [0.2, 0.25) is 0 Å². The van der Waals surface area contributed by atoms with E-state index in [9.17, 15) is 18.4 Å². The average Bonchev–Trinajstić information content (AvgIpc) is 2.61. The summed E-state index contributed by atoms with van der Waals surface area (Å²) >= 11 is 0. The number of benzene rings is 3. The first-order valence-corrected chi connectivity index (χ1v) is 7.19. The fraction of sp³-hybridized carbons (Fsp3) is 0.0526. The van der Waals surface area contributed by atoms with Gasteiger partial charge < -0.3 is 4.74 Å². The van der Waals surface area contributed by atoms with Crippen LogP contribution in [0.3, 0.4) is 0 Å². The van der Waals surface area contributed by atoms with Gasteiger partial charge in [-0.05, 0) is 35.0 Å². The van der Waals surface area contributed by atoms with Crippen LogP contribution in [0.2, 0.25) is 0 Å². The summed E-state index contributed by atoms with van der Waals surface area (Å²) in [5, 5.41) is 1.59. The molecule has 0 saturated carbocycles. The van der Waals surface area contributed by atoms with E-state index in [1.165, 1.54) is 0 Å². The molecule has 0 unspecified atom stereocenters. The summed E-state index contributed by atoms with van der Waals surface area (Å²) in [7, 11) is 0. The lowest BCUT2D eigenvalue weighted by Crippen LogP contribution is -2.15. The Kier molecular flexibility index (Phi) is 4.33. The average molecular weight is 326 g/mol. The number of carbonyl (C=O) groups excluding carboxylic acids is 2. The topological polar surface area (TPSA) is 43.4 Å². The van der Waals surface area contributed by atoms with E-state index >= 15 is 0 Å². The van der Waals surface area contributed by atoms with Crippen molar-refractivity contribution in [3.05, 3.63) is 83.4 Å². The highest BCUT2D eigenvalue weighted by Crippen LogP contribution is 2.19. The summed E-state index contributed by atoms with van der Waals surface area (Å²) in [5.74, 6) is -3.43. The van der Waals surface area contributed by atoms with E-state index in [0.717, 1.165) is 23.6 Å². The van der Waals surface area contributed by atoms with Crippen molar-refractivity contribution in [1.29, 1.82) is 0 Å². The Balaban J connectivity index is 1.75. The van der Waals surface area contributed by atoms with Crippen LogP contribution in [0.15, 0.2) is 60.7 Å². The minimum Gasteiger partial charge on any atom is -0.454 e. The Morgan fingerprint density at radius 2 is 1.62 bits per heavy atom. The maximum Gasteiger partial charge on any atom is 0.339 e. The van der Waals surface area contributed by atoms with Crippen LogP contribution in [-0.2, 0) is 4.74 Å². The van der Waals surface area contributed by atoms with E-state index < -0.39 is 30.0 Å². The molecular weight excluding hydrogens is 314 g/mol. The molecule has 0 heterocycles. The lowest BCUT2D eigenvalue weighted by Gasteiger charge is -2.07. The number of hydrogen-bond donors (Lipinski definition) is 0. The molecule has 120 valence electrons. The van der Waals surface area contributed by atoms with Gasteiger partial charge in [-0.15, -0.1) is 0 Å². The molecule has 0 fully saturated rings. The van der Waals surface area contributed by atoms with Crippen molar-refractivity contribution in [3.63, 3.8) is 0 Å². The van der Waals surface area contributed by atoms with Gasteiger partial charge in [-0.2, -0.15) is 0 Å². The van der Waals surface area contributed by atoms with Gasteiger partial charge in [-0.25, -0.2) is 13.6 Å². The number of halogens is 2. The molecule has 5 heteroatoms. The molecule has 0 aliphatic rings. The highest BCUT2D eigenvalue weighted by Gasteiger charge is 2.15. The number of rotatable bonds is 4. The van der Waals surface area contributed by atoms with Crippen molar-refractivity contribution >= 4 is 22.5 Å². The molecule has 0 aliphatic heterocycles. The van der Waals surface area contributed by atoms with E-state index in [-0.39, 0.29) is 5.56 Å². The lowest BCUT2D eigenvalue weighted by atomic mass is 10.0. The molecular formula is C19H12F2O3. The predicted octanol–water partition coefficient (Wildman–Crippen LogP) is 4.16. The van der Waals surface area contributed by atoms with Gasteiger partial charge in [0.1, 0.15) is 0 Å². The molecule has 3 aromatic carbocycles. The summed E-state index contributed by atoms with van der Waals surface area (Å²) < 4.78 is 31.0. The highest BCUT2D eigenvalue weighted by molar-refractivity contribution is 6.05. The van der Waals surface area contributed by atoms with Crippen molar-refractivity contribution in [3.8, 4) is 0 Å². The van der Waals surface area contributed by atoms with Crippen molar-refractivity contribution in [2.24, 2.45) is 0 Å². The molecule has 3 rings (SSSR count). The number of Topliss-reactive ketones (excluding diaryl/α,β-unsaturated/α-hetero) is 1. The van der Waals surface area contributed by atoms with Gasteiger partial charge in [0, 0.05) is 5.56 Å². The Labute approximate surface area is 136 Å². The Morgan fingerprint density at radius 3 is 2.42 bits per heavy atom. The van der Waals surface area contributed by atoms with Crippen LogP contribution in [-0.4, -0.2) is 18.4 Å². The van der Waals surface area contributed by atoms with E-state index in [0.29, 0.717) is 10.9 Å². The van der Waals surface area contributed by atoms with Crippen molar-refractivity contribution in [2.75, 3.05) is 6.61 Å². The number of ketones is 1. The second-order valence-corrected chi connectivity index (χ2v) is 5.15. The summed E-state index contributed by atoms with van der Waals surface area (Å²) in [6, 6.07) is 15.3. The molecule has 3 aromatic rings. The molecule has 0 aromatic heterocycles. The monoisotopic (exact) mass is 326 g/mol. The zero-order chi connectivity index (χ0) is 17.1. The fourth-order valence-electron chi connectivity index (χ4n) is 2.37. The van der Waals surface area contributed by atoms with Gasteiger partial charge in [-0.3, -0.25) is 4.79 Å². The van der Waals surface area contributed by atoms with Crippen LogP contribution >= 0.6 is 0 Å². The quantitative estimate of drug-likeness (QED) is 0.534. The molecule has 0 atom stereocenters. The van der Waals surface area contributed by atoms with Crippen molar-refractivity contribution < 1.29 is 23.1 Å². The number of fused-ring (bicyclic) bond motifs is 1. The number of carbonyl (C=O) groups is 2. The molecule has 0 aliphatic carbocycles. The van der Waals surface area contributed by atoms with Gasteiger partial charge >= 0.3 is 5.97 Å². The molecule has 0 saturated heterocycles. The minimum atomic E-state index is -1.12. The van der Waals surface area contributed by atoms with Crippen LogP contribution < -0.4 is 0 Å². The molecule has 0 bridgehead atoms. The van der Waals surface area contributed by atoms with E-state index in [4.69, 9.17) is 4.74 Å². The first-order chi connectivity index (χ1) is 11.6. The number of hydrogen-bond acceptors (Lipinski definition) is 3. The van der Waals surface area contributed by atoms with Crippen molar-refractivity contribution in [2.45, 2.75) is 0 Å². The normalized spacial score (nSPS) is 10.6. The Morgan fingerprint density at radius 1 is 0.875 bits per heavy atom. The molecule has 0 radical (unpaired) electrons. The Bertz CT molecular complexity index is 930. The van der Waals surface area contributed by atoms with Crippen LogP contribution in [0, 0.1) is 11.6 Å². The zero-order valence-corrected chi connectivity index (χ0v) is 12.5. The predicted molar refractivity (Wildman–Crippen MR) is 84.9 cm³/mol. The van der Waals surface area contributed by atoms with Crippen LogP contribution in [0.5, 0.6) is 0 Å². The molecule has 0 spiro atoms. The van der Waals surface area contributed by atoms with Crippen LogP contribution in [0.1, 0.15) is 20.7 Å². The minimum absolute atomic E-state index is 0.0559. The van der Waals surface area contributed by atoms with Crippen molar-refractivity contribution in [1.82, 2.24) is 0 Å². The molecule has 0 amide bonds. The van der Waals surface area contributed by atoms with E-state index in [1.54, 1.807) is 24.3 Å². The highest BCUT2D eigenvalue weighted by atomic mass is 19.2. The first-order valence-electron chi connectivity index (χ1n) is 7.19. The third kappa shape index (κ3) is 3.15. The third-order valence-electron chi connectivity index (χ3n) is 3.59. The number of esters is 1. The van der Waals surface area contributed by atoms with Gasteiger partial charge in [0.25, 0.3) is 0 Å². The third-order valence-corrected chi connectivity index (χ3v) is 3.59. The second kappa shape index (κ2) is 6.58. The Hall–Kier alpha value is -3.08. The maximum absolute atomic E-state index is 13.1. The standard InChI is InChI=1S/C19H12F2O3/c20-16-9-8-13(10-17(16)21)18(22)11-24-19(23)15-7-3-5-12-4-1-2-6-14(12)15/h1-10H,11H2. The molecule has 24 heavy (non-hydrogen) atoms. The van der Waals surface area contributed by atoms with E-state index in [2.05, 4.69) is 0 Å². The zero-order valence-electron chi connectivity index (χ0n) is 12.5. The summed E-state index contributed by atoms with van der Waals surface area (Å²) in [6.45, 7) is -0.548. The van der Waals surface area contributed by atoms with Gasteiger partial charge in [0.15, 0.2) is 24.0 Å². The van der Waals surface area contributed by atoms with Gasteiger partial charge in [0.05, 0.1) is 5.56 Å². The number of ether oxygens (including phenoxy) is 1. The smallest absolute Gasteiger partial charge is 0.339 e. The van der Waals surface area contributed by atoms with Crippen LogP contribution in [0.25, 0.3) is 10.8 Å². The van der Waals surface area contributed by atoms with E-state index in [1.807, 2.05) is 18.2 Å². The largest absolute Gasteiger partial charge is 0.454 e. The SMILES string of the molecule is O=C(COC(=O)c1cccc2ccccc12)c1ccc(F)c(F)c1. The summed E-state index contributed by atoms with van der Waals surface area (Å²) in [4.78, 5) is 24.1. The summed E-state index contributed by atoms with van der Waals surface area (Å²) in [6.07, 6.45) is 0.